The molecule has 0 amide bonds. The van der Waals surface area contributed by atoms with E-state index in [0.717, 1.165) is 23.6 Å². The summed E-state index contributed by atoms with van der Waals surface area (Å²) in [4.78, 5) is 17.7. The van der Waals surface area contributed by atoms with Gasteiger partial charge in [-0.3, -0.25) is 13.9 Å². The van der Waals surface area contributed by atoms with Crippen LogP contribution in [-0.2, 0) is 11.8 Å². The summed E-state index contributed by atoms with van der Waals surface area (Å²) in [7, 11) is 1.86. The fourth-order valence-corrected chi connectivity index (χ4v) is 4.52. The summed E-state index contributed by atoms with van der Waals surface area (Å²) in [6.07, 6.45) is 6.89. The van der Waals surface area contributed by atoms with E-state index in [-0.39, 0.29) is 23.1 Å². The van der Waals surface area contributed by atoms with Gasteiger partial charge < -0.3 is 4.74 Å². The first-order valence-electron chi connectivity index (χ1n) is 10.9. The maximum Gasteiger partial charge on any atom is 0.261 e. The number of benzene rings is 1. The van der Waals surface area contributed by atoms with E-state index >= 15 is 0 Å². The predicted octanol–water partition coefficient (Wildman–Crippen LogP) is 4.63. The van der Waals surface area contributed by atoms with Crippen molar-refractivity contribution in [3.8, 4) is 11.1 Å². The molecule has 2 atom stereocenters. The number of hydrogen-bond donors (Lipinski definition) is 0. The number of nitrogens with zero attached hydrogens (tertiary/aromatic N) is 4. The van der Waals surface area contributed by atoms with Gasteiger partial charge in [0.2, 0.25) is 0 Å². The van der Waals surface area contributed by atoms with Crippen molar-refractivity contribution in [1.82, 2.24) is 19.2 Å². The van der Waals surface area contributed by atoms with Gasteiger partial charge in [0.25, 0.3) is 5.56 Å². The molecule has 0 saturated carbocycles. The van der Waals surface area contributed by atoms with Crippen LogP contribution in [0.2, 0.25) is 0 Å². The fourth-order valence-electron chi connectivity index (χ4n) is 4.52. The van der Waals surface area contributed by atoms with Crippen LogP contribution in [0.15, 0.2) is 47.7 Å². The predicted molar refractivity (Wildman–Crippen MR) is 120 cm³/mol. The van der Waals surface area contributed by atoms with Crippen molar-refractivity contribution in [2.75, 3.05) is 6.61 Å². The van der Waals surface area contributed by atoms with Gasteiger partial charge in [-0.2, -0.15) is 5.10 Å². The molecular weight excluding hydrogens is 426 g/mol. The highest BCUT2D eigenvalue weighted by Crippen LogP contribution is 2.39. The average molecular weight is 450 g/mol. The Labute approximate surface area is 189 Å². The first kappa shape index (κ1) is 21.5. The summed E-state index contributed by atoms with van der Waals surface area (Å²) < 4.78 is 37.6. The molecule has 0 spiro atoms. The minimum absolute atomic E-state index is 0.0872. The highest BCUT2D eigenvalue weighted by Gasteiger charge is 2.27. The summed E-state index contributed by atoms with van der Waals surface area (Å²) in [5.74, 6) is -1.26. The molecule has 4 heterocycles. The second-order valence-corrected chi connectivity index (χ2v) is 8.66. The van der Waals surface area contributed by atoms with Crippen LogP contribution in [-0.4, -0.2) is 25.8 Å². The van der Waals surface area contributed by atoms with Crippen molar-refractivity contribution < 1.29 is 13.5 Å². The third-order valence-corrected chi connectivity index (χ3v) is 6.49. The lowest BCUT2D eigenvalue weighted by molar-refractivity contribution is 0.00518. The topological polar surface area (TPSA) is 61.4 Å². The second kappa shape index (κ2) is 8.19. The molecule has 4 aromatic rings. The molecule has 0 aliphatic carbocycles. The molecule has 1 aliphatic heterocycles. The Morgan fingerprint density at radius 1 is 1.09 bits per heavy atom. The molecule has 0 bridgehead atoms. The van der Waals surface area contributed by atoms with Crippen molar-refractivity contribution in [2.45, 2.75) is 38.7 Å². The number of rotatable bonds is 3. The normalized spacial score (nSPS) is 18.7. The molecule has 33 heavy (non-hydrogen) atoms. The number of aromatic nitrogens is 4. The SMILES string of the molecule is Cc1nc2c(-c3ccc(F)cc3F)cc([C@H]3CCO[C@@H](c4cnn(C)c4)C3)cn2c(=O)c1C. The quantitative estimate of drug-likeness (QED) is 0.457. The van der Waals surface area contributed by atoms with Crippen LogP contribution in [0.25, 0.3) is 16.8 Å². The van der Waals surface area contributed by atoms with Crippen LogP contribution in [0.5, 0.6) is 0 Å². The summed E-state index contributed by atoms with van der Waals surface area (Å²) in [5.41, 5.74) is 3.85. The molecule has 1 aromatic carbocycles. The van der Waals surface area contributed by atoms with Crippen LogP contribution in [0.3, 0.4) is 0 Å². The number of halogens is 2. The van der Waals surface area contributed by atoms with Crippen molar-refractivity contribution in [1.29, 1.82) is 0 Å². The van der Waals surface area contributed by atoms with E-state index in [2.05, 4.69) is 10.1 Å². The lowest BCUT2D eigenvalue weighted by atomic mass is 9.86. The molecule has 0 radical (unpaired) electrons. The third-order valence-electron chi connectivity index (χ3n) is 6.49. The standard InChI is InChI=1S/C25H24F2N4O2/c1-14-15(2)29-24-21(20-5-4-19(26)10-22(20)27)8-17(13-31(24)25(14)32)16-6-7-33-23(9-16)18-11-28-30(3)12-18/h4-5,8,10-13,16,23H,6-7,9H2,1-3H3/t16-,23+/m0/s1. The largest absolute Gasteiger partial charge is 0.373 e. The van der Waals surface area contributed by atoms with Crippen LogP contribution in [0, 0.1) is 25.5 Å². The van der Waals surface area contributed by atoms with Crippen molar-refractivity contribution in [2.24, 2.45) is 7.05 Å². The molecule has 0 N–H and O–H groups in total. The number of pyridine rings is 1. The highest BCUT2D eigenvalue weighted by atomic mass is 19.1. The van der Waals surface area contributed by atoms with E-state index in [9.17, 15) is 13.6 Å². The van der Waals surface area contributed by atoms with Crippen molar-refractivity contribution in [3.63, 3.8) is 0 Å². The maximum atomic E-state index is 14.8. The zero-order valence-corrected chi connectivity index (χ0v) is 18.7. The van der Waals surface area contributed by atoms with Crippen LogP contribution in [0.4, 0.5) is 8.78 Å². The van der Waals surface area contributed by atoms with Gasteiger partial charge in [-0.25, -0.2) is 13.8 Å². The molecule has 1 fully saturated rings. The molecule has 1 aliphatic rings. The summed E-state index contributed by atoms with van der Waals surface area (Å²) in [6, 6.07) is 5.34. The molecule has 1 saturated heterocycles. The molecule has 0 unspecified atom stereocenters. The maximum absolute atomic E-state index is 14.8. The van der Waals surface area contributed by atoms with E-state index in [1.54, 1.807) is 30.9 Å². The van der Waals surface area contributed by atoms with Crippen molar-refractivity contribution in [3.05, 3.63) is 87.2 Å². The van der Waals surface area contributed by atoms with E-state index in [4.69, 9.17) is 4.74 Å². The van der Waals surface area contributed by atoms with E-state index in [0.29, 0.717) is 35.5 Å². The molecule has 6 nitrogen and oxygen atoms in total. The summed E-state index contributed by atoms with van der Waals surface area (Å²) in [6.45, 7) is 4.05. The number of aryl methyl sites for hydroxylation is 2. The molecule has 8 heteroatoms. The van der Waals surface area contributed by atoms with E-state index in [1.807, 2.05) is 19.3 Å². The van der Waals surface area contributed by atoms with Gasteiger partial charge in [0.15, 0.2) is 0 Å². The number of ether oxygens (including phenoxy) is 1. The average Bonchev–Trinajstić information content (AvgIpc) is 3.24. The fraction of sp³-hybridized carbons (Fsp3) is 0.320. The monoisotopic (exact) mass is 450 g/mol. The van der Waals surface area contributed by atoms with Crippen LogP contribution >= 0.6 is 0 Å². The molecule has 3 aromatic heterocycles. The molecule has 170 valence electrons. The highest BCUT2D eigenvalue weighted by molar-refractivity contribution is 5.78. The van der Waals surface area contributed by atoms with Gasteiger partial charge in [-0.05, 0) is 56.4 Å². The zero-order valence-electron chi connectivity index (χ0n) is 18.7. The zero-order chi connectivity index (χ0) is 23.3. The smallest absolute Gasteiger partial charge is 0.261 e. The first-order chi connectivity index (χ1) is 15.8. The Morgan fingerprint density at radius 3 is 2.64 bits per heavy atom. The number of hydrogen-bond acceptors (Lipinski definition) is 4. The Hall–Kier alpha value is -3.39. The third kappa shape index (κ3) is 3.84. The van der Waals surface area contributed by atoms with Crippen LogP contribution in [0.1, 0.15) is 47.2 Å². The van der Waals surface area contributed by atoms with Gasteiger partial charge in [-0.15, -0.1) is 0 Å². The Kier molecular flexibility index (Phi) is 5.32. The Balaban J connectivity index is 1.67. The second-order valence-electron chi connectivity index (χ2n) is 8.66. The number of fused-ring (bicyclic) bond motifs is 1. The van der Waals surface area contributed by atoms with Gasteiger partial charge in [0, 0.05) is 60.1 Å². The minimum atomic E-state index is -0.693. The molecular formula is C25H24F2N4O2. The lowest BCUT2D eigenvalue weighted by Gasteiger charge is -2.30. The van der Waals surface area contributed by atoms with Gasteiger partial charge in [0.1, 0.15) is 17.3 Å². The molecule has 5 rings (SSSR count). The Morgan fingerprint density at radius 2 is 1.91 bits per heavy atom. The van der Waals surface area contributed by atoms with E-state index in [1.165, 1.54) is 16.5 Å². The van der Waals surface area contributed by atoms with Gasteiger partial charge in [-0.1, -0.05) is 0 Å². The Bertz CT molecular complexity index is 1430. The summed E-state index contributed by atoms with van der Waals surface area (Å²) >= 11 is 0. The van der Waals surface area contributed by atoms with E-state index < -0.39 is 11.6 Å². The van der Waals surface area contributed by atoms with Crippen LogP contribution < -0.4 is 5.56 Å². The lowest BCUT2D eigenvalue weighted by Crippen LogP contribution is -2.23. The van der Waals surface area contributed by atoms with Gasteiger partial charge >= 0.3 is 0 Å². The van der Waals surface area contributed by atoms with Gasteiger partial charge in [0.05, 0.1) is 12.3 Å². The summed E-state index contributed by atoms with van der Waals surface area (Å²) in [5, 5.41) is 4.24. The van der Waals surface area contributed by atoms with Crippen molar-refractivity contribution >= 4 is 5.65 Å². The first-order valence-corrected chi connectivity index (χ1v) is 10.9. The minimum Gasteiger partial charge on any atom is -0.373 e.